The van der Waals surface area contributed by atoms with Crippen molar-refractivity contribution in [3.63, 3.8) is 0 Å². The van der Waals surface area contributed by atoms with Crippen molar-refractivity contribution in [1.29, 1.82) is 0 Å². The van der Waals surface area contributed by atoms with Crippen LogP contribution < -0.4 is 11.1 Å². The molecule has 0 aromatic rings. The van der Waals surface area contributed by atoms with E-state index in [0.717, 1.165) is 32.1 Å². The molecule has 3 N–H and O–H groups in total. The lowest BCUT2D eigenvalue weighted by Gasteiger charge is -2.36. The van der Waals surface area contributed by atoms with Gasteiger partial charge >= 0.3 is 0 Å². The van der Waals surface area contributed by atoms with Gasteiger partial charge in [0.15, 0.2) is 0 Å². The summed E-state index contributed by atoms with van der Waals surface area (Å²) < 4.78 is 0. The van der Waals surface area contributed by atoms with E-state index in [-0.39, 0.29) is 17.9 Å². The summed E-state index contributed by atoms with van der Waals surface area (Å²) in [4.78, 5) is 12.1. The van der Waals surface area contributed by atoms with Crippen molar-refractivity contribution in [2.75, 3.05) is 0 Å². The van der Waals surface area contributed by atoms with Gasteiger partial charge in [0.25, 0.3) is 0 Å². The molecule has 1 amide bonds. The molecule has 2 aliphatic carbocycles. The molecule has 2 saturated carbocycles. The van der Waals surface area contributed by atoms with Crippen LogP contribution in [0.25, 0.3) is 0 Å². The predicted octanol–water partition coefficient (Wildman–Crippen LogP) is 2.20. The fourth-order valence-corrected chi connectivity index (χ4v) is 3.39. The number of nitrogens with two attached hydrogens (primary N) is 1. The monoisotopic (exact) mass is 238 g/mol. The van der Waals surface area contributed by atoms with Crippen LogP contribution in [0.5, 0.6) is 0 Å². The third kappa shape index (κ3) is 3.44. The number of amides is 1. The maximum Gasteiger partial charge on any atom is 0.223 e. The van der Waals surface area contributed by atoms with Crippen molar-refractivity contribution in [2.24, 2.45) is 17.1 Å². The van der Waals surface area contributed by atoms with Gasteiger partial charge in [0.05, 0.1) is 0 Å². The maximum atomic E-state index is 12.1. The van der Waals surface area contributed by atoms with Crippen molar-refractivity contribution >= 4 is 5.91 Å². The largest absolute Gasteiger partial charge is 0.353 e. The molecule has 0 radical (unpaired) electrons. The van der Waals surface area contributed by atoms with E-state index in [0.29, 0.717) is 11.5 Å². The lowest BCUT2D eigenvalue weighted by Crippen LogP contribution is -2.43. The molecule has 3 nitrogen and oxygen atoms in total. The SMILES string of the molecule is CC1(C)CCCC(NC(=O)C2CCC(N)C2)C1. The lowest BCUT2D eigenvalue weighted by atomic mass is 9.75. The maximum absolute atomic E-state index is 12.1. The summed E-state index contributed by atoms with van der Waals surface area (Å²) in [6.45, 7) is 4.60. The van der Waals surface area contributed by atoms with Gasteiger partial charge in [0.2, 0.25) is 5.91 Å². The van der Waals surface area contributed by atoms with Crippen LogP contribution in [-0.2, 0) is 4.79 Å². The normalized spacial score (nSPS) is 36.8. The molecule has 2 fully saturated rings. The molecule has 0 aromatic carbocycles. The highest BCUT2D eigenvalue weighted by molar-refractivity contribution is 5.79. The lowest BCUT2D eigenvalue weighted by molar-refractivity contribution is -0.126. The summed E-state index contributed by atoms with van der Waals surface area (Å²) in [5.74, 6) is 0.427. The Bertz CT molecular complexity index is 288. The second kappa shape index (κ2) is 4.97. The zero-order valence-electron chi connectivity index (χ0n) is 11.2. The number of hydrogen-bond donors (Lipinski definition) is 2. The van der Waals surface area contributed by atoms with E-state index in [4.69, 9.17) is 5.73 Å². The molecular formula is C14H26N2O. The second-order valence-corrected chi connectivity index (χ2v) is 6.74. The first-order valence-electron chi connectivity index (χ1n) is 7.02. The standard InChI is InChI=1S/C14H26N2O/c1-14(2)7-3-4-12(9-14)16-13(17)10-5-6-11(15)8-10/h10-12H,3-9,15H2,1-2H3,(H,16,17). The minimum absolute atomic E-state index is 0.176. The first-order chi connectivity index (χ1) is 7.96. The topological polar surface area (TPSA) is 55.1 Å². The molecule has 2 rings (SSSR count). The summed E-state index contributed by atoms with van der Waals surface area (Å²) in [5.41, 5.74) is 6.25. The number of carbonyl (C=O) groups is 1. The van der Waals surface area contributed by atoms with E-state index >= 15 is 0 Å². The van der Waals surface area contributed by atoms with Crippen molar-refractivity contribution in [2.45, 2.75) is 70.9 Å². The van der Waals surface area contributed by atoms with Crippen molar-refractivity contribution in [1.82, 2.24) is 5.32 Å². The minimum atomic E-state index is 0.176. The molecular weight excluding hydrogens is 212 g/mol. The molecule has 98 valence electrons. The van der Waals surface area contributed by atoms with Gasteiger partial charge in [-0.05, 0) is 43.9 Å². The Balaban J connectivity index is 1.82. The van der Waals surface area contributed by atoms with Crippen molar-refractivity contribution in [3.8, 4) is 0 Å². The van der Waals surface area contributed by atoms with Gasteiger partial charge in [0, 0.05) is 18.0 Å². The van der Waals surface area contributed by atoms with E-state index < -0.39 is 0 Å². The predicted molar refractivity (Wildman–Crippen MR) is 69.5 cm³/mol. The Hall–Kier alpha value is -0.570. The van der Waals surface area contributed by atoms with Crippen LogP contribution in [0.3, 0.4) is 0 Å². The number of hydrogen-bond acceptors (Lipinski definition) is 2. The van der Waals surface area contributed by atoms with Crippen LogP contribution in [0.15, 0.2) is 0 Å². The summed E-state index contributed by atoms with van der Waals surface area (Å²) in [6, 6.07) is 0.636. The highest BCUT2D eigenvalue weighted by Crippen LogP contribution is 2.35. The number of carbonyl (C=O) groups excluding carboxylic acids is 1. The third-order valence-electron chi connectivity index (χ3n) is 4.40. The van der Waals surface area contributed by atoms with Gasteiger partial charge in [-0.3, -0.25) is 4.79 Å². The molecule has 0 aliphatic heterocycles. The van der Waals surface area contributed by atoms with E-state index in [9.17, 15) is 4.79 Å². The Morgan fingerprint density at radius 1 is 1.29 bits per heavy atom. The van der Waals surface area contributed by atoms with E-state index in [1.807, 2.05) is 0 Å². The van der Waals surface area contributed by atoms with Crippen molar-refractivity contribution in [3.05, 3.63) is 0 Å². The smallest absolute Gasteiger partial charge is 0.223 e. The van der Waals surface area contributed by atoms with Crippen LogP contribution in [-0.4, -0.2) is 18.0 Å². The van der Waals surface area contributed by atoms with Gasteiger partial charge in [-0.2, -0.15) is 0 Å². The molecule has 17 heavy (non-hydrogen) atoms. The quantitative estimate of drug-likeness (QED) is 0.775. The zero-order valence-corrected chi connectivity index (χ0v) is 11.2. The zero-order chi connectivity index (χ0) is 12.5. The Morgan fingerprint density at radius 3 is 2.65 bits per heavy atom. The average molecular weight is 238 g/mol. The van der Waals surface area contributed by atoms with E-state index in [2.05, 4.69) is 19.2 Å². The molecule has 0 spiro atoms. The van der Waals surface area contributed by atoms with Crippen molar-refractivity contribution < 1.29 is 4.79 Å². The van der Waals surface area contributed by atoms with Gasteiger partial charge in [0.1, 0.15) is 0 Å². The molecule has 0 heterocycles. The van der Waals surface area contributed by atoms with E-state index in [1.54, 1.807) is 0 Å². The highest BCUT2D eigenvalue weighted by atomic mass is 16.1. The van der Waals surface area contributed by atoms with Gasteiger partial charge in [-0.25, -0.2) is 0 Å². The summed E-state index contributed by atoms with van der Waals surface area (Å²) >= 11 is 0. The Morgan fingerprint density at radius 2 is 2.06 bits per heavy atom. The van der Waals surface area contributed by atoms with Gasteiger partial charge in [-0.15, -0.1) is 0 Å². The molecule has 0 saturated heterocycles. The van der Waals surface area contributed by atoms with Crippen LogP contribution in [0.4, 0.5) is 0 Å². The van der Waals surface area contributed by atoms with E-state index in [1.165, 1.54) is 12.8 Å². The van der Waals surface area contributed by atoms with Gasteiger partial charge < -0.3 is 11.1 Å². The molecule has 0 bridgehead atoms. The first kappa shape index (κ1) is 12.9. The molecule has 0 aromatic heterocycles. The molecule has 3 unspecified atom stereocenters. The first-order valence-corrected chi connectivity index (χ1v) is 7.02. The number of nitrogens with one attached hydrogen (secondary N) is 1. The fraction of sp³-hybridized carbons (Fsp3) is 0.929. The second-order valence-electron chi connectivity index (χ2n) is 6.74. The summed E-state index contributed by atoms with van der Waals surface area (Å²) in [6.07, 6.45) is 7.65. The van der Waals surface area contributed by atoms with Crippen LogP contribution in [0.1, 0.15) is 58.8 Å². The molecule has 2 aliphatic rings. The van der Waals surface area contributed by atoms with Crippen LogP contribution >= 0.6 is 0 Å². The Labute approximate surface area is 105 Å². The van der Waals surface area contributed by atoms with Crippen LogP contribution in [0.2, 0.25) is 0 Å². The molecule has 3 atom stereocenters. The average Bonchev–Trinajstić information content (AvgIpc) is 2.63. The third-order valence-corrected chi connectivity index (χ3v) is 4.40. The summed E-state index contributed by atoms with van der Waals surface area (Å²) in [7, 11) is 0. The van der Waals surface area contributed by atoms with Gasteiger partial charge in [-0.1, -0.05) is 20.3 Å². The minimum Gasteiger partial charge on any atom is -0.353 e. The van der Waals surface area contributed by atoms with Crippen LogP contribution in [0, 0.1) is 11.3 Å². The fourth-order valence-electron chi connectivity index (χ4n) is 3.39. The Kier molecular flexibility index (Phi) is 3.76. The number of rotatable bonds is 2. The molecule has 3 heteroatoms. The summed E-state index contributed by atoms with van der Waals surface area (Å²) in [5, 5.41) is 3.24. The highest BCUT2D eigenvalue weighted by Gasteiger charge is 2.32.